The van der Waals surface area contributed by atoms with Crippen LogP contribution in [0.4, 0.5) is 0 Å². The molecule has 0 atom stereocenters. The Morgan fingerprint density at radius 2 is 1.87 bits per heavy atom. The molecule has 0 aromatic heterocycles. The molecule has 0 aliphatic carbocycles. The molecule has 0 amide bonds. The van der Waals surface area contributed by atoms with E-state index in [9.17, 15) is 9.59 Å². The summed E-state index contributed by atoms with van der Waals surface area (Å²) in [5, 5.41) is 0.327. The Labute approximate surface area is 139 Å². The normalized spacial score (nSPS) is 10.5. The summed E-state index contributed by atoms with van der Waals surface area (Å²) in [6, 6.07) is 14.0. The molecule has 0 unspecified atom stereocenters. The van der Waals surface area contributed by atoms with Crippen LogP contribution >= 0.6 is 11.6 Å². The average molecular weight is 331 g/mol. The Kier molecular flexibility index (Phi) is 5.94. The zero-order chi connectivity index (χ0) is 16.7. The number of ketones is 1. The second kappa shape index (κ2) is 8.15. The minimum absolute atomic E-state index is 0.327. The lowest BCUT2D eigenvalue weighted by molar-refractivity contribution is -0.136. The van der Waals surface area contributed by atoms with Crippen molar-refractivity contribution in [3.05, 3.63) is 70.8 Å². The first-order valence-corrected chi connectivity index (χ1v) is 7.24. The number of methoxy groups -OCH3 is 1. The standard InChI is InChI=1S/C18H15ClO4/c1-22-17-9-8-14(11-15(17)19)16(20)12-23-18(21)10-7-13-5-3-2-4-6-13/h2-11H,12H2,1H3/b10-7+. The molecule has 0 heterocycles. The van der Waals surface area contributed by atoms with Crippen LogP contribution in [-0.2, 0) is 9.53 Å². The molecule has 0 N–H and O–H groups in total. The first-order valence-electron chi connectivity index (χ1n) is 6.87. The second-order valence-corrected chi connectivity index (χ2v) is 5.03. The predicted octanol–water partition coefficient (Wildman–Crippen LogP) is 3.79. The molecule has 0 spiro atoms. The van der Waals surface area contributed by atoms with Gasteiger partial charge in [-0.1, -0.05) is 41.9 Å². The first-order chi connectivity index (χ1) is 11.1. The Morgan fingerprint density at radius 1 is 1.13 bits per heavy atom. The SMILES string of the molecule is COc1ccc(C(=O)COC(=O)/C=C/c2ccccc2)cc1Cl. The van der Waals surface area contributed by atoms with Crippen molar-refractivity contribution in [3.63, 3.8) is 0 Å². The number of hydrogen-bond acceptors (Lipinski definition) is 4. The van der Waals surface area contributed by atoms with E-state index in [1.165, 1.54) is 19.3 Å². The van der Waals surface area contributed by atoms with Crippen LogP contribution in [-0.4, -0.2) is 25.5 Å². The lowest BCUT2D eigenvalue weighted by atomic mass is 10.1. The lowest BCUT2D eigenvalue weighted by Crippen LogP contribution is -2.12. The quantitative estimate of drug-likeness (QED) is 0.459. The van der Waals surface area contributed by atoms with Gasteiger partial charge in [-0.25, -0.2) is 4.79 Å². The Morgan fingerprint density at radius 3 is 2.52 bits per heavy atom. The molecule has 5 heteroatoms. The average Bonchev–Trinajstić information content (AvgIpc) is 2.58. The van der Waals surface area contributed by atoms with Gasteiger partial charge in [0.15, 0.2) is 12.4 Å². The molecule has 0 radical (unpaired) electrons. The monoisotopic (exact) mass is 330 g/mol. The van der Waals surface area contributed by atoms with Gasteiger partial charge < -0.3 is 9.47 Å². The molecule has 0 aliphatic heterocycles. The Hall–Kier alpha value is -2.59. The number of carbonyl (C=O) groups is 2. The summed E-state index contributed by atoms with van der Waals surface area (Å²) in [6.45, 7) is -0.347. The summed E-state index contributed by atoms with van der Waals surface area (Å²) in [6.07, 6.45) is 2.90. The fraction of sp³-hybridized carbons (Fsp3) is 0.111. The molecule has 23 heavy (non-hydrogen) atoms. The van der Waals surface area contributed by atoms with Gasteiger partial charge in [0, 0.05) is 11.6 Å². The molecule has 118 valence electrons. The summed E-state index contributed by atoms with van der Waals surface area (Å²) in [5.74, 6) is -0.441. The van der Waals surface area contributed by atoms with Gasteiger partial charge in [0.25, 0.3) is 0 Å². The van der Waals surface area contributed by atoms with Gasteiger partial charge in [-0.15, -0.1) is 0 Å². The highest BCUT2D eigenvalue weighted by atomic mass is 35.5. The van der Waals surface area contributed by atoms with Gasteiger partial charge in [-0.2, -0.15) is 0 Å². The number of halogens is 1. The van der Waals surface area contributed by atoms with Gasteiger partial charge >= 0.3 is 5.97 Å². The van der Waals surface area contributed by atoms with Crippen molar-refractivity contribution in [3.8, 4) is 5.75 Å². The molecular formula is C18H15ClO4. The molecule has 0 fully saturated rings. The number of hydrogen-bond donors (Lipinski definition) is 0. The molecule has 0 saturated carbocycles. The summed E-state index contributed by atoms with van der Waals surface area (Å²) in [4.78, 5) is 23.6. The molecule has 2 rings (SSSR count). The molecule has 0 aliphatic rings. The zero-order valence-corrected chi connectivity index (χ0v) is 13.2. The second-order valence-electron chi connectivity index (χ2n) is 4.62. The fourth-order valence-corrected chi connectivity index (χ4v) is 2.09. The largest absolute Gasteiger partial charge is 0.495 e. The lowest BCUT2D eigenvalue weighted by Gasteiger charge is -2.05. The maximum absolute atomic E-state index is 12.0. The van der Waals surface area contributed by atoms with Crippen LogP contribution in [0.3, 0.4) is 0 Å². The Balaban J connectivity index is 1.90. The molecule has 4 nitrogen and oxygen atoms in total. The van der Waals surface area contributed by atoms with E-state index in [1.54, 1.807) is 18.2 Å². The third-order valence-corrected chi connectivity index (χ3v) is 3.33. The topological polar surface area (TPSA) is 52.6 Å². The fourth-order valence-electron chi connectivity index (χ4n) is 1.84. The van der Waals surface area contributed by atoms with Crippen LogP contribution in [0.5, 0.6) is 5.75 Å². The highest BCUT2D eigenvalue weighted by Crippen LogP contribution is 2.25. The molecule has 0 bridgehead atoms. The van der Waals surface area contributed by atoms with Crippen molar-refractivity contribution in [1.82, 2.24) is 0 Å². The van der Waals surface area contributed by atoms with Crippen LogP contribution in [0.1, 0.15) is 15.9 Å². The van der Waals surface area contributed by atoms with Crippen molar-refractivity contribution in [2.24, 2.45) is 0 Å². The van der Waals surface area contributed by atoms with E-state index in [0.717, 1.165) is 5.56 Å². The maximum Gasteiger partial charge on any atom is 0.331 e. The number of ether oxygens (including phenoxy) is 2. The minimum atomic E-state index is -0.582. The third-order valence-electron chi connectivity index (χ3n) is 3.03. The van der Waals surface area contributed by atoms with E-state index in [0.29, 0.717) is 16.3 Å². The summed E-state index contributed by atoms with van der Waals surface area (Å²) in [7, 11) is 1.49. The third kappa shape index (κ3) is 4.97. The van der Waals surface area contributed by atoms with E-state index >= 15 is 0 Å². The smallest absolute Gasteiger partial charge is 0.331 e. The number of Topliss-reactive ketones (excluding diaryl/α,β-unsaturated/α-hetero) is 1. The van der Waals surface area contributed by atoms with Crippen molar-refractivity contribution < 1.29 is 19.1 Å². The van der Waals surface area contributed by atoms with Crippen molar-refractivity contribution in [1.29, 1.82) is 0 Å². The van der Waals surface area contributed by atoms with Crippen LogP contribution in [0.25, 0.3) is 6.08 Å². The van der Waals surface area contributed by atoms with E-state index in [4.69, 9.17) is 21.1 Å². The summed E-state index contributed by atoms with van der Waals surface area (Å²) < 4.78 is 9.94. The summed E-state index contributed by atoms with van der Waals surface area (Å²) in [5.41, 5.74) is 1.23. The predicted molar refractivity (Wildman–Crippen MR) is 88.8 cm³/mol. The van der Waals surface area contributed by atoms with Gasteiger partial charge in [-0.05, 0) is 29.8 Å². The highest BCUT2D eigenvalue weighted by molar-refractivity contribution is 6.32. The van der Waals surface area contributed by atoms with Crippen LogP contribution in [0, 0.1) is 0 Å². The minimum Gasteiger partial charge on any atom is -0.495 e. The molecule has 0 saturated heterocycles. The first kappa shape index (κ1) is 16.8. The van der Waals surface area contributed by atoms with E-state index in [-0.39, 0.29) is 12.4 Å². The molecule has 2 aromatic rings. The van der Waals surface area contributed by atoms with Gasteiger partial charge in [0.1, 0.15) is 5.75 Å². The van der Waals surface area contributed by atoms with Crippen molar-refractivity contribution in [2.45, 2.75) is 0 Å². The number of benzene rings is 2. The van der Waals surface area contributed by atoms with Gasteiger partial charge in [0.2, 0.25) is 0 Å². The van der Waals surface area contributed by atoms with Crippen molar-refractivity contribution >= 4 is 29.4 Å². The number of carbonyl (C=O) groups excluding carboxylic acids is 2. The van der Waals surface area contributed by atoms with Gasteiger partial charge in [0.05, 0.1) is 12.1 Å². The molecule has 2 aromatic carbocycles. The summed E-state index contributed by atoms with van der Waals surface area (Å²) >= 11 is 5.96. The van der Waals surface area contributed by atoms with Crippen LogP contribution < -0.4 is 4.74 Å². The van der Waals surface area contributed by atoms with Gasteiger partial charge in [-0.3, -0.25) is 4.79 Å². The maximum atomic E-state index is 12.0. The van der Waals surface area contributed by atoms with E-state index in [1.807, 2.05) is 30.3 Å². The van der Waals surface area contributed by atoms with E-state index < -0.39 is 5.97 Å². The van der Waals surface area contributed by atoms with Crippen LogP contribution in [0.15, 0.2) is 54.6 Å². The Bertz CT molecular complexity index is 723. The number of esters is 1. The van der Waals surface area contributed by atoms with Crippen LogP contribution in [0.2, 0.25) is 5.02 Å². The highest BCUT2D eigenvalue weighted by Gasteiger charge is 2.11. The number of rotatable bonds is 6. The zero-order valence-electron chi connectivity index (χ0n) is 12.5. The molecular weight excluding hydrogens is 316 g/mol. The van der Waals surface area contributed by atoms with E-state index in [2.05, 4.69) is 0 Å². The van der Waals surface area contributed by atoms with Crippen molar-refractivity contribution in [2.75, 3.05) is 13.7 Å².